The van der Waals surface area contributed by atoms with Crippen molar-refractivity contribution >= 4 is 21.7 Å². The van der Waals surface area contributed by atoms with Gasteiger partial charge in [0.2, 0.25) is 0 Å². The lowest BCUT2D eigenvalue weighted by Gasteiger charge is -2.23. The lowest BCUT2D eigenvalue weighted by molar-refractivity contribution is 0.242. The zero-order valence-corrected chi connectivity index (χ0v) is 13.6. The molecule has 0 bridgehead atoms. The zero-order chi connectivity index (χ0) is 16.7. The minimum atomic E-state index is -3.09. The van der Waals surface area contributed by atoms with E-state index in [1.807, 2.05) is 0 Å². The molecule has 2 N–H and O–H groups in total. The average Bonchev–Trinajstić information content (AvgIpc) is 3.10. The van der Waals surface area contributed by atoms with E-state index in [0.29, 0.717) is 17.9 Å². The van der Waals surface area contributed by atoms with E-state index in [2.05, 4.69) is 15.8 Å². The molecule has 1 aliphatic heterocycles. The Bertz CT molecular complexity index is 838. The number of sulfone groups is 1. The molecule has 1 atom stereocenters. The minimum absolute atomic E-state index is 0.0638. The lowest BCUT2D eigenvalue weighted by atomic mass is 10.0. The van der Waals surface area contributed by atoms with Crippen LogP contribution in [0.4, 0.5) is 10.6 Å². The Morgan fingerprint density at radius 1 is 1.43 bits per heavy atom. The summed E-state index contributed by atoms with van der Waals surface area (Å²) >= 11 is 0. The van der Waals surface area contributed by atoms with Gasteiger partial charge < -0.3 is 14.3 Å². The van der Waals surface area contributed by atoms with Crippen molar-refractivity contribution in [3.8, 4) is 11.3 Å². The van der Waals surface area contributed by atoms with Crippen LogP contribution in [0.15, 0.2) is 27.3 Å². The Labute approximate surface area is 133 Å². The van der Waals surface area contributed by atoms with Crippen molar-refractivity contribution in [1.82, 2.24) is 10.5 Å². The molecule has 0 saturated carbocycles. The number of rotatable bonds is 3. The summed E-state index contributed by atoms with van der Waals surface area (Å²) < 4.78 is 33.4. The van der Waals surface area contributed by atoms with Crippen molar-refractivity contribution in [2.45, 2.75) is 25.8 Å². The second kappa shape index (κ2) is 5.41. The van der Waals surface area contributed by atoms with Gasteiger partial charge in [0.15, 0.2) is 21.4 Å². The quantitative estimate of drug-likeness (QED) is 0.883. The Balaban J connectivity index is 1.65. The number of amides is 2. The molecule has 8 nitrogen and oxygen atoms in total. The molecule has 1 saturated heterocycles. The lowest BCUT2D eigenvalue weighted by Crippen LogP contribution is -2.48. The predicted octanol–water partition coefficient (Wildman–Crippen LogP) is 1.94. The van der Waals surface area contributed by atoms with Gasteiger partial charge in [0, 0.05) is 6.07 Å². The van der Waals surface area contributed by atoms with Crippen molar-refractivity contribution in [2.24, 2.45) is 0 Å². The van der Waals surface area contributed by atoms with Gasteiger partial charge >= 0.3 is 6.03 Å². The third-order valence-electron chi connectivity index (χ3n) is 3.79. The second-order valence-electron chi connectivity index (χ2n) is 5.95. The SMILES string of the molecule is Cc1occc1-c1cc(NC(=O)NC2(C)CCS(=O)(=O)C2)no1. The molecule has 124 valence electrons. The van der Waals surface area contributed by atoms with Crippen molar-refractivity contribution in [1.29, 1.82) is 0 Å². The summed E-state index contributed by atoms with van der Waals surface area (Å²) in [5, 5.41) is 9.00. The molecule has 0 radical (unpaired) electrons. The first kappa shape index (κ1) is 15.6. The molecule has 2 aromatic rings. The van der Waals surface area contributed by atoms with E-state index in [1.54, 1.807) is 26.0 Å². The van der Waals surface area contributed by atoms with Gasteiger partial charge in [0.1, 0.15) is 5.76 Å². The van der Waals surface area contributed by atoms with E-state index >= 15 is 0 Å². The molecule has 2 aromatic heterocycles. The molecule has 1 unspecified atom stereocenters. The summed E-state index contributed by atoms with van der Waals surface area (Å²) in [4.78, 5) is 12.0. The number of hydrogen-bond donors (Lipinski definition) is 2. The fourth-order valence-electron chi connectivity index (χ4n) is 2.63. The van der Waals surface area contributed by atoms with Crippen LogP contribution < -0.4 is 10.6 Å². The van der Waals surface area contributed by atoms with Gasteiger partial charge in [-0.25, -0.2) is 13.2 Å². The van der Waals surface area contributed by atoms with E-state index in [-0.39, 0.29) is 17.3 Å². The van der Waals surface area contributed by atoms with Crippen LogP contribution in [0.5, 0.6) is 0 Å². The number of anilines is 1. The summed E-state index contributed by atoms with van der Waals surface area (Å²) in [7, 11) is -3.09. The van der Waals surface area contributed by atoms with Gasteiger partial charge in [-0.1, -0.05) is 5.16 Å². The van der Waals surface area contributed by atoms with Crippen molar-refractivity contribution in [3.05, 3.63) is 24.2 Å². The van der Waals surface area contributed by atoms with Gasteiger partial charge in [0.05, 0.1) is 28.9 Å². The Kier molecular flexibility index (Phi) is 3.67. The zero-order valence-electron chi connectivity index (χ0n) is 12.8. The number of furan rings is 1. The molecular formula is C14H17N3O5S. The van der Waals surface area contributed by atoms with E-state index in [4.69, 9.17) is 8.94 Å². The highest BCUT2D eigenvalue weighted by molar-refractivity contribution is 7.91. The molecule has 0 spiro atoms. The van der Waals surface area contributed by atoms with Crippen LogP contribution in [0.3, 0.4) is 0 Å². The maximum Gasteiger partial charge on any atom is 0.320 e. The van der Waals surface area contributed by atoms with Gasteiger partial charge in [0.25, 0.3) is 0 Å². The monoisotopic (exact) mass is 339 g/mol. The Hall–Kier alpha value is -2.29. The highest BCUT2D eigenvalue weighted by atomic mass is 32.2. The van der Waals surface area contributed by atoms with Crippen LogP contribution in [0, 0.1) is 6.92 Å². The first-order valence-corrected chi connectivity index (χ1v) is 8.89. The van der Waals surface area contributed by atoms with E-state index in [9.17, 15) is 13.2 Å². The Morgan fingerprint density at radius 2 is 2.22 bits per heavy atom. The van der Waals surface area contributed by atoms with E-state index in [1.165, 1.54) is 6.26 Å². The first-order chi connectivity index (χ1) is 10.8. The predicted molar refractivity (Wildman–Crippen MR) is 82.8 cm³/mol. The topological polar surface area (TPSA) is 114 Å². The number of hydrogen-bond acceptors (Lipinski definition) is 6. The highest BCUT2D eigenvalue weighted by Crippen LogP contribution is 2.27. The molecule has 9 heteroatoms. The third kappa shape index (κ3) is 3.39. The molecule has 23 heavy (non-hydrogen) atoms. The number of urea groups is 1. The molecule has 2 amide bonds. The van der Waals surface area contributed by atoms with Crippen LogP contribution >= 0.6 is 0 Å². The third-order valence-corrected chi connectivity index (χ3v) is 5.70. The van der Waals surface area contributed by atoms with Crippen molar-refractivity contribution in [3.63, 3.8) is 0 Å². The average molecular weight is 339 g/mol. The summed E-state index contributed by atoms with van der Waals surface area (Å²) in [6.07, 6.45) is 1.93. The molecule has 3 heterocycles. The summed E-state index contributed by atoms with van der Waals surface area (Å²) in [6, 6.07) is 2.79. The van der Waals surface area contributed by atoms with Crippen LogP contribution in [0.25, 0.3) is 11.3 Å². The second-order valence-corrected chi connectivity index (χ2v) is 8.13. The summed E-state index contributed by atoms with van der Waals surface area (Å²) in [6.45, 7) is 3.50. The summed E-state index contributed by atoms with van der Waals surface area (Å²) in [5.41, 5.74) is -0.0174. The minimum Gasteiger partial charge on any atom is -0.469 e. The molecule has 1 fully saturated rings. The van der Waals surface area contributed by atoms with Crippen molar-refractivity contribution < 1.29 is 22.2 Å². The fraction of sp³-hybridized carbons (Fsp3) is 0.429. The van der Waals surface area contributed by atoms with E-state index in [0.717, 1.165) is 5.56 Å². The largest absolute Gasteiger partial charge is 0.469 e. The number of nitrogens with one attached hydrogen (secondary N) is 2. The van der Waals surface area contributed by atoms with Crippen LogP contribution in [0.2, 0.25) is 0 Å². The number of nitrogens with zero attached hydrogens (tertiary/aromatic N) is 1. The fourth-order valence-corrected chi connectivity index (χ4v) is 4.73. The normalized spacial score (nSPS) is 22.9. The highest BCUT2D eigenvalue weighted by Gasteiger charge is 2.39. The number of carbonyl (C=O) groups excluding carboxylic acids is 1. The smallest absolute Gasteiger partial charge is 0.320 e. The molecular weight excluding hydrogens is 322 g/mol. The Morgan fingerprint density at radius 3 is 2.83 bits per heavy atom. The van der Waals surface area contributed by atoms with Gasteiger partial charge in [-0.2, -0.15) is 0 Å². The molecule has 1 aliphatic rings. The summed E-state index contributed by atoms with van der Waals surface area (Å²) in [5.74, 6) is 1.41. The van der Waals surface area contributed by atoms with Crippen LogP contribution in [-0.2, 0) is 9.84 Å². The van der Waals surface area contributed by atoms with Crippen LogP contribution in [0.1, 0.15) is 19.1 Å². The van der Waals surface area contributed by atoms with Crippen molar-refractivity contribution in [2.75, 3.05) is 16.8 Å². The number of aromatic nitrogens is 1. The van der Waals surface area contributed by atoms with Gasteiger partial charge in [-0.15, -0.1) is 0 Å². The van der Waals surface area contributed by atoms with E-state index < -0.39 is 21.4 Å². The van der Waals surface area contributed by atoms with Gasteiger partial charge in [-0.3, -0.25) is 5.32 Å². The standard InChI is InChI=1S/C14H17N3O5S/c1-9-10(3-5-21-9)11-7-12(17-22-11)15-13(18)16-14(2)4-6-23(19,20)8-14/h3,5,7H,4,6,8H2,1-2H3,(H2,15,16,17,18). The molecule has 0 aliphatic carbocycles. The maximum atomic E-state index is 12.0. The van der Waals surface area contributed by atoms with Gasteiger partial charge in [-0.05, 0) is 26.3 Å². The number of aryl methyl sites for hydroxylation is 1. The number of carbonyl (C=O) groups is 1. The molecule has 0 aromatic carbocycles. The first-order valence-electron chi connectivity index (χ1n) is 7.07. The van der Waals surface area contributed by atoms with Crippen LogP contribution in [-0.4, -0.2) is 36.7 Å². The molecule has 3 rings (SSSR count). The maximum absolute atomic E-state index is 12.0.